The van der Waals surface area contributed by atoms with E-state index >= 15 is 0 Å². The number of pyridine rings is 1. The van der Waals surface area contributed by atoms with Crippen molar-refractivity contribution in [3.05, 3.63) is 65.2 Å². The van der Waals surface area contributed by atoms with Gasteiger partial charge in [0.1, 0.15) is 0 Å². The van der Waals surface area contributed by atoms with Gasteiger partial charge < -0.3 is 10.6 Å². The minimum atomic E-state index is -0.351. The Kier molecular flexibility index (Phi) is 6.09. The van der Waals surface area contributed by atoms with Crippen molar-refractivity contribution in [2.24, 2.45) is 0 Å². The normalized spacial score (nSPS) is 10.8. The molecular formula is C22H26N4O2. The van der Waals surface area contributed by atoms with Gasteiger partial charge in [0.25, 0.3) is 11.8 Å². The topological polar surface area (TPSA) is 75.5 Å². The molecule has 0 spiro atoms. The van der Waals surface area contributed by atoms with Crippen LogP contribution in [0, 0.1) is 13.8 Å². The van der Waals surface area contributed by atoms with Crippen molar-refractivity contribution in [1.82, 2.24) is 14.7 Å². The van der Waals surface area contributed by atoms with Crippen molar-refractivity contribution >= 4 is 23.0 Å². The van der Waals surface area contributed by atoms with Crippen molar-refractivity contribution in [3.8, 4) is 0 Å². The lowest BCUT2D eigenvalue weighted by atomic mass is 10.1. The number of carbonyl (C=O) groups is 2. The van der Waals surface area contributed by atoms with Gasteiger partial charge in [-0.25, -0.2) is 4.98 Å². The van der Waals surface area contributed by atoms with Crippen LogP contribution >= 0.6 is 0 Å². The van der Waals surface area contributed by atoms with Crippen LogP contribution in [-0.4, -0.2) is 27.7 Å². The zero-order valence-electron chi connectivity index (χ0n) is 16.6. The number of unbranched alkanes of at least 4 members (excludes halogenated alkanes) is 2. The molecule has 3 rings (SSSR count). The third kappa shape index (κ3) is 4.39. The Labute approximate surface area is 165 Å². The molecule has 0 aliphatic rings. The number of aryl methyl sites for hydroxylation is 2. The van der Waals surface area contributed by atoms with E-state index in [0.29, 0.717) is 17.7 Å². The average molecular weight is 378 g/mol. The summed E-state index contributed by atoms with van der Waals surface area (Å²) in [5.41, 5.74) is 3.72. The van der Waals surface area contributed by atoms with Crippen LogP contribution in [0.3, 0.4) is 0 Å². The Hall–Kier alpha value is -3.15. The highest BCUT2D eigenvalue weighted by molar-refractivity contribution is 6.06. The largest absolute Gasteiger partial charge is 0.351 e. The van der Waals surface area contributed by atoms with Crippen LogP contribution < -0.4 is 10.6 Å². The minimum absolute atomic E-state index is 0.188. The molecule has 146 valence electrons. The fourth-order valence-corrected chi connectivity index (χ4v) is 3.26. The van der Waals surface area contributed by atoms with Crippen molar-refractivity contribution in [2.75, 3.05) is 11.9 Å². The lowest BCUT2D eigenvalue weighted by molar-refractivity contribution is 0.0950. The Bertz CT molecular complexity index is 987. The molecule has 6 nitrogen and oxygen atoms in total. The van der Waals surface area contributed by atoms with E-state index in [2.05, 4.69) is 22.5 Å². The van der Waals surface area contributed by atoms with Gasteiger partial charge in [-0.1, -0.05) is 31.9 Å². The summed E-state index contributed by atoms with van der Waals surface area (Å²) in [7, 11) is 0. The van der Waals surface area contributed by atoms with Gasteiger partial charge >= 0.3 is 0 Å². The van der Waals surface area contributed by atoms with Crippen LogP contribution in [0.5, 0.6) is 0 Å². The first-order valence-electron chi connectivity index (χ1n) is 9.64. The van der Waals surface area contributed by atoms with E-state index < -0.39 is 0 Å². The molecule has 0 aliphatic heterocycles. The number of nitrogens with zero attached hydrogens (tertiary/aromatic N) is 2. The number of carbonyl (C=O) groups excluding carboxylic acids is 2. The fraction of sp³-hybridized carbons (Fsp3) is 0.318. The van der Waals surface area contributed by atoms with Crippen molar-refractivity contribution in [1.29, 1.82) is 0 Å². The van der Waals surface area contributed by atoms with E-state index in [1.165, 1.54) is 0 Å². The van der Waals surface area contributed by atoms with Gasteiger partial charge in [-0.05, 0) is 55.7 Å². The van der Waals surface area contributed by atoms with E-state index in [0.717, 1.165) is 30.4 Å². The highest BCUT2D eigenvalue weighted by Gasteiger charge is 2.21. The van der Waals surface area contributed by atoms with Gasteiger partial charge in [-0.3, -0.25) is 14.0 Å². The standard InChI is InChI=1S/C22H26N4O2/c1-4-5-7-10-23-21(27)19-18-9-6-8-11-26(18)20(25-19)22(28)24-17-13-15(2)12-16(3)14-17/h6,8-9,11-14H,4-5,7,10H2,1-3H3,(H,23,27)(H,24,28). The summed E-state index contributed by atoms with van der Waals surface area (Å²) >= 11 is 0. The van der Waals surface area contributed by atoms with Gasteiger partial charge in [0.15, 0.2) is 5.69 Å². The first-order chi connectivity index (χ1) is 13.5. The maximum absolute atomic E-state index is 12.9. The zero-order valence-corrected chi connectivity index (χ0v) is 16.6. The van der Waals surface area contributed by atoms with E-state index in [1.807, 2.05) is 44.2 Å². The molecule has 0 aliphatic carbocycles. The fourth-order valence-electron chi connectivity index (χ4n) is 3.26. The Morgan fingerprint density at radius 2 is 1.79 bits per heavy atom. The predicted octanol–water partition coefficient (Wildman–Crippen LogP) is 4.12. The van der Waals surface area contributed by atoms with Crippen molar-refractivity contribution < 1.29 is 9.59 Å². The van der Waals surface area contributed by atoms with Gasteiger partial charge in [-0.2, -0.15) is 0 Å². The molecule has 2 aromatic heterocycles. The van der Waals surface area contributed by atoms with Crippen LogP contribution in [0.4, 0.5) is 5.69 Å². The Morgan fingerprint density at radius 3 is 2.50 bits per heavy atom. The summed E-state index contributed by atoms with van der Waals surface area (Å²) in [5, 5.41) is 5.79. The predicted molar refractivity (Wildman–Crippen MR) is 111 cm³/mol. The number of rotatable bonds is 7. The van der Waals surface area contributed by atoms with Crippen LogP contribution in [0.25, 0.3) is 5.52 Å². The number of hydrogen-bond donors (Lipinski definition) is 2. The molecule has 0 bridgehead atoms. The van der Waals surface area contributed by atoms with Crippen molar-refractivity contribution in [3.63, 3.8) is 0 Å². The summed E-state index contributed by atoms with van der Waals surface area (Å²) < 4.78 is 1.65. The molecule has 0 radical (unpaired) electrons. The second-order valence-electron chi connectivity index (χ2n) is 7.03. The number of nitrogens with one attached hydrogen (secondary N) is 2. The zero-order chi connectivity index (χ0) is 20.1. The summed E-state index contributed by atoms with van der Waals surface area (Å²) in [5.74, 6) is -0.421. The number of fused-ring (bicyclic) bond motifs is 1. The molecule has 2 heterocycles. The first-order valence-corrected chi connectivity index (χ1v) is 9.64. The molecule has 0 saturated heterocycles. The number of hydrogen-bond acceptors (Lipinski definition) is 3. The van der Waals surface area contributed by atoms with Crippen LogP contribution in [0.1, 0.15) is 58.4 Å². The molecule has 0 unspecified atom stereocenters. The van der Waals surface area contributed by atoms with Gasteiger partial charge in [0.2, 0.25) is 5.82 Å². The summed E-state index contributed by atoms with van der Waals surface area (Å²) in [6.07, 6.45) is 4.82. The molecule has 0 atom stereocenters. The monoisotopic (exact) mass is 378 g/mol. The molecule has 6 heteroatoms. The minimum Gasteiger partial charge on any atom is -0.351 e. The maximum atomic E-state index is 12.9. The molecular weight excluding hydrogens is 352 g/mol. The van der Waals surface area contributed by atoms with Gasteiger partial charge in [-0.15, -0.1) is 0 Å². The molecule has 0 saturated carbocycles. The Morgan fingerprint density at radius 1 is 1.04 bits per heavy atom. The molecule has 0 fully saturated rings. The van der Waals surface area contributed by atoms with E-state index in [-0.39, 0.29) is 23.3 Å². The molecule has 3 aromatic rings. The molecule has 2 amide bonds. The SMILES string of the molecule is CCCCCNC(=O)c1nc(C(=O)Nc2cc(C)cc(C)c2)n2ccccc12. The highest BCUT2D eigenvalue weighted by Crippen LogP contribution is 2.17. The summed E-state index contributed by atoms with van der Waals surface area (Å²) in [6.45, 7) is 6.68. The van der Waals surface area contributed by atoms with E-state index in [1.54, 1.807) is 16.7 Å². The number of anilines is 1. The lowest BCUT2D eigenvalue weighted by Gasteiger charge is -2.07. The molecule has 28 heavy (non-hydrogen) atoms. The second kappa shape index (κ2) is 8.69. The van der Waals surface area contributed by atoms with Crippen LogP contribution in [-0.2, 0) is 0 Å². The highest BCUT2D eigenvalue weighted by atomic mass is 16.2. The quantitative estimate of drug-likeness (QED) is 0.607. The number of imidazole rings is 1. The average Bonchev–Trinajstić information content (AvgIpc) is 3.04. The maximum Gasteiger partial charge on any atom is 0.292 e. The van der Waals surface area contributed by atoms with E-state index in [4.69, 9.17) is 0 Å². The van der Waals surface area contributed by atoms with Crippen molar-refractivity contribution in [2.45, 2.75) is 40.0 Å². The smallest absolute Gasteiger partial charge is 0.292 e. The molecule has 2 N–H and O–H groups in total. The summed E-state index contributed by atoms with van der Waals surface area (Å²) in [6, 6.07) is 11.3. The van der Waals surface area contributed by atoms with Crippen LogP contribution in [0.15, 0.2) is 42.6 Å². The summed E-state index contributed by atoms with van der Waals surface area (Å²) in [4.78, 5) is 29.8. The lowest BCUT2D eigenvalue weighted by Crippen LogP contribution is -2.25. The molecule has 1 aromatic carbocycles. The number of amides is 2. The van der Waals surface area contributed by atoms with Gasteiger partial charge in [0.05, 0.1) is 5.52 Å². The van der Waals surface area contributed by atoms with E-state index in [9.17, 15) is 9.59 Å². The first kappa shape index (κ1) is 19.6. The number of aromatic nitrogens is 2. The number of benzene rings is 1. The third-order valence-electron chi connectivity index (χ3n) is 4.51. The third-order valence-corrected chi connectivity index (χ3v) is 4.51. The Balaban J connectivity index is 1.87. The van der Waals surface area contributed by atoms with Gasteiger partial charge in [0, 0.05) is 18.4 Å². The second-order valence-corrected chi connectivity index (χ2v) is 7.03. The van der Waals surface area contributed by atoms with Crippen LogP contribution in [0.2, 0.25) is 0 Å².